The maximum absolute atomic E-state index is 8.06. The van der Waals surface area contributed by atoms with Crippen molar-refractivity contribution in [1.82, 2.24) is 0 Å². The molecule has 0 heterocycles. The fraction of sp³-hybridized carbons (Fsp3) is 1.00. The van der Waals surface area contributed by atoms with E-state index in [4.69, 9.17) is 5.80 Å². The molecular weight excluding hydrogens is 200 g/mol. The zero-order valence-corrected chi connectivity index (χ0v) is 13.1. The average molecular weight is 231 g/mol. The van der Waals surface area contributed by atoms with Crippen LogP contribution in [0.2, 0.25) is 15.6 Å². The standard InChI is InChI=1S/C13H30OSi/c1-10-11(2)15(14-9,12(3,4)5)13(6,7)8/h11H,10H2,1-9H3/i10D. The van der Waals surface area contributed by atoms with Crippen molar-refractivity contribution in [2.75, 3.05) is 7.11 Å². The lowest BCUT2D eigenvalue weighted by Crippen LogP contribution is -2.56. The topological polar surface area (TPSA) is 9.23 Å². The van der Waals surface area contributed by atoms with E-state index < -0.39 is 8.32 Å². The molecule has 0 spiro atoms. The van der Waals surface area contributed by atoms with Gasteiger partial charge in [0.2, 0.25) is 8.32 Å². The van der Waals surface area contributed by atoms with E-state index in [-0.39, 0.29) is 16.5 Å². The third-order valence-electron chi connectivity index (χ3n) is 3.69. The quantitative estimate of drug-likeness (QED) is 0.623. The van der Waals surface area contributed by atoms with Crippen LogP contribution in [-0.2, 0) is 4.43 Å². The van der Waals surface area contributed by atoms with E-state index in [0.717, 1.165) is 0 Å². The van der Waals surface area contributed by atoms with E-state index in [1.54, 1.807) is 0 Å². The second-order valence-electron chi connectivity index (χ2n) is 6.56. The molecule has 0 saturated carbocycles. The Bertz CT molecular complexity index is 211. The maximum Gasteiger partial charge on any atom is 0.205 e. The van der Waals surface area contributed by atoms with Gasteiger partial charge in [-0.05, 0) is 15.6 Å². The van der Waals surface area contributed by atoms with E-state index in [9.17, 15) is 0 Å². The Morgan fingerprint density at radius 2 is 1.47 bits per heavy atom. The number of rotatable bonds is 3. The summed E-state index contributed by atoms with van der Waals surface area (Å²) < 4.78 is 14.2. The van der Waals surface area contributed by atoms with Crippen LogP contribution >= 0.6 is 0 Å². The Morgan fingerprint density at radius 1 is 1.13 bits per heavy atom. The van der Waals surface area contributed by atoms with Crippen molar-refractivity contribution in [3.8, 4) is 0 Å². The number of hydrogen-bond donors (Lipinski definition) is 0. The van der Waals surface area contributed by atoms with Crippen LogP contribution in [0, 0.1) is 0 Å². The van der Waals surface area contributed by atoms with Crippen LogP contribution in [-0.4, -0.2) is 15.4 Å². The highest BCUT2D eigenvalue weighted by Crippen LogP contribution is 2.57. The molecule has 2 heteroatoms. The van der Waals surface area contributed by atoms with Crippen molar-refractivity contribution >= 4 is 8.32 Å². The highest BCUT2D eigenvalue weighted by Gasteiger charge is 2.57. The predicted octanol–water partition coefficient (Wildman–Crippen LogP) is 4.98. The first-order valence-electron chi connectivity index (χ1n) is 6.47. The molecule has 0 fully saturated rings. The molecule has 0 bridgehead atoms. The van der Waals surface area contributed by atoms with Crippen LogP contribution in [0.3, 0.4) is 0 Å². The fourth-order valence-corrected chi connectivity index (χ4v) is 10.6. The summed E-state index contributed by atoms with van der Waals surface area (Å²) in [5, 5.41) is 0.295. The zero-order valence-electron chi connectivity index (χ0n) is 13.1. The molecule has 92 valence electrons. The summed E-state index contributed by atoms with van der Waals surface area (Å²) in [6, 6.07) is 0. The minimum atomic E-state index is -2.03. The molecule has 1 nitrogen and oxygen atoms in total. The van der Waals surface area contributed by atoms with Crippen LogP contribution in [0.25, 0.3) is 0 Å². The molecule has 0 aliphatic heterocycles. The Balaban J connectivity index is 5.68. The summed E-state index contributed by atoms with van der Waals surface area (Å²) in [7, 11) is -0.178. The molecule has 0 amide bonds. The Kier molecular flexibility index (Phi) is 4.05. The molecular formula is C13H30OSi. The van der Waals surface area contributed by atoms with Crippen LogP contribution in [0.5, 0.6) is 0 Å². The first-order chi connectivity index (χ1) is 6.91. The van der Waals surface area contributed by atoms with Crippen molar-refractivity contribution in [3.05, 3.63) is 0 Å². The summed E-state index contributed by atoms with van der Waals surface area (Å²) >= 11 is 0. The van der Waals surface area contributed by atoms with Gasteiger partial charge in [-0.2, -0.15) is 0 Å². The molecule has 0 N–H and O–H groups in total. The van der Waals surface area contributed by atoms with Crippen molar-refractivity contribution in [3.63, 3.8) is 0 Å². The second kappa shape index (κ2) is 4.58. The van der Waals surface area contributed by atoms with Gasteiger partial charge in [-0.1, -0.05) is 61.8 Å². The molecule has 0 radical (unpaired) electrons. The Hall–Kier alpha value is 0.177. The summed E-state index contributed by atoms with van der Waals surface area (Å²) in [4.78, 5) is 0. The van der Waals surface area contributed by atoms with Crippen molar-refractivity contribution in [2.24, 2.45) is 0 Å². The number of hydrogen-bond acceptors (Lipinski definition) is 1. The first-order valence-corrected chi connectivity index (χ1v) is 7.87. The Morgan fingerprint density at radius 3 is 1.53 bits per heavy atom. The lowest BCUT2D eigenvalue weighted by Gasteiger charge is -2.53. The van der Waals surface area contributed by atoms with Crippen LogP contribution < -0.4 is 0 Å². The molecule has 15 heavy (non-hydrogen) atoms. The van der Waals surface area contributed by atoms with Gasteiger partial charge in [0.15, 0.2) is 0 Å². The van der Waals surface area contributed by atoms with Crippen LogP contribution in [0.1, 0.15) is 63.2 Å². The summed E-state index contributed by atoms with van der Waals surface area (Å²) in [6.07, 6.45) is -0.0648. The minimum absolute atomic E-state index is 0.0648. The zero-order chi connectivity index (χ0) is 13.4. The smallest absolute Gasteiger partial charge is 0.205 e. The van der Waals surface area contributed by atoms with Crippen LogP contribution in [0.15, 0.2) is 0 Å². The van der Waals surface area contributed by atoms with Gasteiger partial charge in [-0.25, -0.2) is 0 Å². The summed E-state index contributed by atoms with van der Waals surface area (Å²) in [6.45, 7) is 17.8. The van der Waals surface area contributed by atoms with Gasteiger partial charge < -0.3 is 4.43 Å². The first kappa shape index (κ1) is 13.2. The van der Waals surface area contributed by atoms with Gasteiger partial charge in [-0.3, -0.25) is 0 Å². The molecule has 0 aliphatic rings. The van der Waals surface area contributed by atoms with Crippen LogP contribution in [0.4, 0.5) is 0 Å². The fourth-order valence-electron chi connectivity index (χ4n) is 3.52. The molecule has 0 aromatic carbocycles. The summed E-state index contributed by atoms with van der Waals surface area (Å²) in [5.41, 5.74) is 0.331. The van der Waals surface area contributed by atoms with E-state index >= 15 is 0 Å². The Labute approximate surface area is 99.1 Å². The lowest BCUT2D eigenvalue weighted by molar-refractivity contribution is 0.311. The van der Waals surface area contributed by atoms with E-state index in [2.05, 4.69) is 48.5 Å². The normalized spacial score (nSPS) is 19.7. The van der Waals surface area contributed by atoms with E-state index in [0.29, 0.717) is 5.54 Å². The van der Waals surface area contributed by atoms with Crippen molar-refractivity contribution < 1.29 is 5.80 Å². The van der Waals surface area contributed by atoms with Gasteiger partial charge in [0.25, 0.3) is 0 Å². The molecule has 0 aliphatic carbocycles. The van der Waals surface area contributed by atoms with Gasteiger partial charge in [0, 0.05) is 8.48 Å². The third-order valence-corrected chi connectivity index (χ3v) is 10.4. The van der Waals surface area contributed by atoms with Gasteiger partial charge >= 0.3 is 0 Å². The lowest BCUT2D eigenvalue weighted by atomic mass is 10.2. The van der Waals surface area contributed by atoms with Crippen molar-refractivity contribution in [2.45, 2.75) is 77.4 Å². The molecule has 2 unspecified atom stereocenters. The van der Waals surface area contributed by atoms with Gasteiger partial charge in [0.1, 0.15) is 0 Å². The molecule has 0 rings (SSSR count). The molecule has 2 atom stereocenters. The van der Waals surface area contributed by atoms with Gasteiger partial charge in [0.05, 0.1) is 0 Å². The SMILES string of the molecule is [2H]C(C)C(C)[Si](OC)(C(C)(C)C)C(C)(C)C. The maximum atomic E-state index is 8.06. The van der Waals surface area contributed by atoms with E-state index in [1.165, 1.54) is 0 Å². The second-order valence-corrected chi connectivity index (χ2v) is 12.4. The van der Waals surface area contributed by atoms with Crippen molar-refractivity contribution in [1.29, 1.82) is 0 Å². The molecule has 0 saturated heterocycles. The predicted molar refractivity (Wildman–Crippen MR) is 71.9 cm³/mol. The minimum Gasteiger partial charge on any atom is -0.419 e. The van der Waals surface area contributed by atoms with Gasteiger partial charge in [-0.15, -0.1) is 0 Å². The molecule has 0 aromatic heterocycles. The average Bonchev–Trinajstić information content (AvgIpc) is 2.00. The third kappa shape index (κ3) is 2.47. The summed E-state index contributed by atoms with van der Waals surface area (Å²) in [5.74, 6) is 0. The molecule has 0 aromatic rings. The largest absolute Gasteiger partial charge is 0.419 e. The van der Waals surface area contributed by atoms with E-state index in [1.807, 2.05) is 14.0 Å². The highest BCUT2D eigenvalue weighted by atomic mass is 28.4. The monoisotopic (exact) mass is 231 g/mol. The highest BCUT2D eigenvalue weighted by molar-refractivity contribution is 6.80.